The molecule has 0 bridgehead atoms. The summed E-state index contributed by atoms with van der Waals surface area (Å²) in [4.78, 5) is 32.6. The second kappa shape index (κ2) is 8.79. The Bertz CT molecular complexity index is 1200. The highest BCUT2D eigenvalue weighted by Crippen LogP contribution is 2.33. The summed E-state index contributed by atoms with van der Waals surface area (Å²) in [5, 5.41) is 3.00. The van der Waals surface area contributed by atoms with Crippen LogP contribution in [0.15, 0.2) is 65.7 Å². The number of aryl methyl sites for hydroxylation is 4. The third-order valence-corrected chi connectivity index (χ3v) is 5.68. The van der Waals surface area contributed by atoms with Gasteiger partial charge < -0.3 is 10.2 Å². The van der Waals surface area contributed by atoms with Gasteiger partial charge in [0.05, 0.1) is 23.5 Å². The smallest absolute Gasteiger partial charge is 0.244 e. The van der Waals surface area contributed by atoms with Gasteiger partial charge in [-0.1, -0.05) is 59.7 Å². The van der Waals surface area contributed by atoms with E-state index in [-0.39, 0.29) is 24.8 Å². The molecule has 3 aromatic carbocycles. The zero-order valence-electron chi connectivity index (χ0n) is 18.9. The van der Waals surface area contributed by atoms with Crippen molar-refractivity contribution in [2.45, 2.75) is 34.1 Å². The van der Waals surface area contributed by atoms with E-state index in [0.717, 1.165) is 33.5 Å². The molecule has 32 heavy (non-hydrogen) atoms. The van der Waals surface area contributed by atoms with Crippen molar-refractivity contribution in [3.63, 3.8) is 0 Å². The molecule has 2 amide bonds. The van der Waals surface area contributed by atoms with Crippen molar-refractivity contribution >= 4 is 34.6 Å². The van der Waals surface area contributed by atoms with Gasteiger partial charge in [-0.2, -0.15) is 0 Å². The van der Waals surface area contributed by atoms with Crippen LogP contribution in [-0.4, -0.2) is 24.1 Å². The highest BCUT2D eigenvalue weighted by Gasteiger charge is 2.26. The van der Waals surface area contributed by atoms with E-state index in [1.807, 2.05) is 88.4 Å². The molecule has 0 unspecified atom stereocenters. The molecule has 1 heterocycles. The Kier molecular flexibility index (Phi) is 5.91. The molecule has 5 heteroatoms. The van der Waals surface area contributed by atoms with Gasteiger partial charge in [0.1, 0.15) is 6.54 Å². The van der Waals surface area contributed by atoms with E-state index in [2.05, 4.69) is 5.32 Å². The summed E-state index contributed by atoms with van der Waals surface area (Å²) in [5.41, 5.74) is 8.05. The number of anilines is 2. The molecular formula is C27H27N3O2. The number of benzene rings is 3. The first-order chi connectivity index (χ1) is 15.3. The van der Waals surface area contributed by atoms with Gasteiger partial charge in [0, 0.05) is 5.69 Å². The number of nitrogens with one attached hydrogen (secondary N) is 1. The van der Waals surface area contributed by atoms with Gasteiger partial charge in [0.15, 0.2) is 0 Å². The lowest BCUT2D eigenvalue weighted by atomic mass is 10.0. The predicted octanol–water partition coefficient (Wildman–Crippen LogP) is 5.42. The minimum Gasteiger partial charge on any atom is -0.324 e. The summed E-state index contributed by atoms with van der Waals surface area (Å²) in [6.45, 7) is 7.94. The number of nitrogens with zero attached hydrogens (tertiary/aromatic N) is 2. The fourth-order valence-electron chi connectivity index (χ4n) is 4.13. The minimum atomic E-state index is -0.234. The van der Waals surface area contributed by atoms with Gasteiger partial charge in [-0.25, -0.2) is 0 Å². The van der Waals surface area contributed by atoms with Crippen molar-refractivity contribution in [3.05, 3.63) is 88.5 Å². The molecule has 0 fully saturated rings. The molecule has 1 aliphatic rings. The van der Waals surface area contributed by atoms with Crippen molar-refractivity contribution in [2.75, 3.05) is 16.8 Å². The lowest BCUT2D eigenvalue weighted by molar-refractivity contribution is -0.120. The Morgan fingerprint density at radius 3 is 2.28 bits per heavy atom. The van der Waals surface area contributed by atoms with Crippen LogP contribution in [0.4, 0.5) is 17.1 Å². The Labute approximate surface area is 188 Å². The van der Waals surface area contributed by atoms with Crippen LogP contribution in [0.5, 0.6) is 0 Å². The third kappa shape index (κ3) is 4.47. The van der Waals surface area contributed by atoms with Gasteiger partial charge in [-0.05, 0) is 56.5 Å². The van der Waals surface area contributed by atoms with E-state index < -0.39 is 0 Å². The normalized spacial score (nSPS) is 13.3. The van der Waals surface area contributed by atoms with Crippen molar-refractivity contribution in [1.82, 2.24) is 0 Å². The SMILES string of the molecule is Cc1ccc(C2=Nc3ccccc3N(CC(=O)Nc3c(C)cc(C)cc3C)C(=O)C2)cc1. The van der Waals surface area contributed by atoms with Crippen molar-refractivity contribution < 1.29 is 9.59 Å². The first-order valence-corrected chi connectivity index (χ1v) is 10.7. The van der Waals surface area contributed by atoms with E-state index in [1.54, 1.807) is 0 Å². The van der Waals surface area contributed by atoms with Gasteiger partial charge >= 0.3 is 0 Å². The number of amides is 2. The van der Waals surface area contributed by atoms with E-state index in [9.17, 15) is 9.59 Å². The van der Waals surface area contributed by atoms with Gasteiger partial charge in [-0.15, -0.1) is 0 Å². The van der Waals surface area contributed by atoms with Crippen molar-refractivity contribution in [3.8, 4) is 0 Å². The zero-order valence-corrected chi connectivity index (χ0v) is 18.9. The number of fused-ring (bicyclic) bond motifs is 1. The number of hydrogen-bond acceptors (Lipinski definition) is 3. The van der Waals surface area contributed by atoms with E-state index >= 15 is 0 Å². The standard InChI is InChI=1S/C27H27N3O2/c1-17-9-11-21(12-10-17)23-15-26(32)30(24-8-6-5-7-22(24)28-23)16-25(31)29-27-19(3)13-18(2)14-20(27)4/h5-14H,15-16H2,1-4H3,(H,29,31). The van der Waals surface area contributed by atoms with Crippen molar-refractivity contribution in [1.29, 1.82) is 0 Å². The first-order valence-electron chi connectivity index (χ1n) is 10.7. The molecule has 1 N–H and O–H groups in total. The molecule has 4 rings (SSSR count). The van der Waals surface area contributed by atoms with Crippen LogP contribution in [0.2, 0.25) is 0 Å². The highest BCUT2D eigenvalue weighted by molar-refractivity contribution is 6.19. The Morgan fingerprint density at radius 1 is 0.938 bits per heavy atom. The molecule has 0 aromatic heterocycles. The molecule has 0 radical (unpaired) electrons. The number of carbonyl (C=O) groups excluding carboxylic acids is 2. The van der Waals surface area contributed by atoms with Crippen LogP contribution in [-0.2, 0) is 9.59 Å². The second-order valence-electron chi connectivity index (χ2n) is 8.39. The summed E-state index contributed by atoms with van der Waals surface area (Å²) < 4.78 is 0. The van der Waals surface area contributed by atoms with E-state index in [0.29, 0.717) is 17.1 Å². The van der Waals surface area contributed by atoms with Crippen LogP contribution in [0.3, 0.4) is 0 Å². The average molecular weight is 426 g/mol. The molecule has 5 nitrogen and oxygen atoms in total. The summed E-state index contributed by atoms with van der Waals surface area (Å²) in [5.74, 6) is -0.385. The van der Waals surface area contributed by atoms with Crippen molar-refractivity contribution in [2.24, 2.45) is 4.99 Å². The minimum absolute atomic E-state index is 0.0701. The van der Waals surface area contributed by atoms with Gasteiger partial charge in [-0.3, -0.25) is 14.6 Å². The number of hydrogen-bond donors (Lipinski definition) is 1. The fraction of sp³-hybridized carbons (Fsp3) is 0.222. The Morgan fingerprint density at radius 2 is 1.59 bits per heavy atom. The molecular weight excluding hydrogens is 398 g/mol. The molecule has 0 atom stereocenters. The molecule has 0 aliphatic carbocycles. The lowest BCUT2D eigenvalue weighted by Gasteiger charge is -2.22. The second-order valence-corrected chi connectivity index (χ2v) is 8.39. The van der Waals surface area contributed by atoms with Crippen LogP contribution < -0.4 is 10.2 Å². The maximum absolute atomic E-state index is 13.3. The molecule has 0 saturated carbocycles. The Hall–Kier alpha value is -3.73. The summed E-state index contributed by atoms with van der Waals surface area (Å²) in [6.07, 6.45) is 0.133. The van der Waals surface area contributed by atoms with Gasteiger partial charge in [0.2, 0.25) is 11.8 Å². The molecule has 0 spiro atoms. The third-order valence-electron chi connectivity index (χ3n) is 5.68. The van der Waals surface area contributed by atoms with Gasteiger partial charge in [0.25, 0.3) is 0 Å². The maximum Gasteiger partial charge on any atom is 0.244 e. The van der Waals surface area contributed by atoms with Crippen LogP contribution in [0.25, 0.3) is 0 Å². The van der Waals surface area contributed by atoms with Crippen LogP contribution in [0.1, 0.15) is 34.2 Å². The fourth-order valence-corrected chi connectivity index (χ4v) is 4.13. The average Bonchev–Trinajstić information content (AvgIpc) is 2.88. The summed E-state index contributed by atoms with van der Waals surface area (Å²) in [6, 6.07) is 19.5. The highest BCUT2D eigenvalue weighted by atomic mass is 16.2. The number of para-hydroxylation sites is 2. The van der Waals surface area contributed by atoms with E-state index in [4.69, 9.17) is 4.99 Å². The molecule has 1 aliphatic heterocycles. The van der Waals surface area contributed by atoms with Crippen LogP contribution >= 0.6 is 0 Å². The van der Waals surface area contributed by atoms with Crippen LogP contribution in [0, 0.1) is 27.7 Å². The quantitative estimate of drug-likeness (QED) is 0.607. The summed E-state index contributed by atoms with van der Waals surface area (Å²) in [7, 11) is 0. The molecule has 3 aromatic rings. The van der Waals surface area contributed by atoms with E-state index in [1.165, 1.54) is 4.90 Å². The number of aliphatic imine (C=N–C) groups is 1. The maximum atomic E-state index is 13.3. The molecule has 0 saturated heterocycles. The predicted molar refractivity (Wildman–Crippen MR) is 130 cm³/mol. The molecule has 162 valence electrons. The Balaban J connectivity index is 1.62. The summed E-state index contributed by atoms with van der Waals surface area (Å²) >= 11 is 0. The monoisotopic (exact) mass is 425 g/mol. The topological polar surface area (TPSA) is 61.8 Å². The first kappa shape index (κ1) is 21.5. The number of carbonyl (C=O) groups is 2. The largest absolute Gasteiger partial charge is 0.324 e. The number of rotatable bonds is 4. The zero-order chi connectivity index (χ0) is 22.8. The lowest BCUT2D eigenvalue weighted by Crippen LogP contribution is -2.38.